The molecule has 0 saturated carbocycles. The van der Waals surface area contributed by atoms with Gasteiger partial charge in [-0.2, -0.15) is 0 Å². The Morgan fingerprint density at radius 1 is 0.938 bits per heavy atom. The minimum absolute atomic E-state index is 0.173. The molecule has 1 aromatic carbocycles. The summed E-state index contributed by atoms with van der Waals surface area (Å²) in [6, 6.07) is 6.15. The molecule has 2 aromatic rings. The molecule has 0 bridgehead atoms. The third-order valence-electron chi connectivity index (χ3n) is 6.70. The molecule has 3 rings (SSSR count). The van der Waals surface area contributed by atoms with Crippen molar-refractivity contribution in [2.75, 3.05) is 32.7 Å². The molecule has 5 heteroatoms. The number of aryl methyl sites for hydroxylation is 2. The SMILES string of the molecule is CCCCN(CCCC)C(=O)c1ccc2nc(CCC)n(CCCN3CCCCC3)c2c1. The largest absolute Gasteiger partial charge is 0.339 e. The Kier molecular flexibility index (Phi) is 10.0. The molecule has 0 spiro atoms. The number of likely N-dealkylation sites (tertiary alicyclic amines) is 1. The summed E-state index contributed by atoms with van der Waals surface area (Å²) in [5.74, 6) is 1.34. The summed E-state index contributed by atoms with van der Waals surface area (Å²) in [6.07, 6.45) is 11.6. The molecule has 1 aliphatic heterocycles. The van der Waals surface area contributed by atoms with Crippen LogP contribution in [0, 0.1) is 0 Å². The van der Waals surface area contributed by atoms with E-state index in [1.165, 1.54) is 38.2 Å². The minimum Gasteiger partial charge on any atom is -0.339 e. The Bertz CT molecular complexity index is 830. The van der Waals surface area contributed by atoms with Gasteiger partial charge in [0.15, 0.2) is 0 Å². The molecule has 1 fully saturated rings. The molecule has 1 amide bonds. The first kappa shape index (κ1) is 24.8. The van der Waals surface area contributed by atoms with Gasteiger partial charge in [-0.1, -0.05) is 40.0 Å². The van der Waals surface area contributed by atoms with Crippen LogP contribution in [-0.4, -0.2) is 58.0 Å². The maximum Gasteiger partial charge on any atom is 0.253 e. The Labute approximate surface area is 195 Å². The maximum absolute atomic E-state index is 13.4. The number of rotatable bonds is 13. The van der Waals surface area contributed by atoms with Crippen LogP contribution in [0.4, 0.5) is 0 Å². The van der Waals surface area contributed by atoms with Gasteiger partial charge in [-0.3, -0.25) is 4.79 Å². The van der Waals surface area contributed by atoms with Crippen molar-refractivity contribution in [1.29, 1.82) is 0 Å². The van der Waals surface area contributed by atoms with E-state index in [1.807, 2.05) is 6.07 Å². The first-order valence-corrected chi connectivity index (χ1v) is 13.2. The number of carbonyl (C=O) groups is 1. The molecule has 0 unspecified atom stereocenters. The number of unbranched alkanes of at least 4 members (excludes halogenated alkanes) is 2. The summed E-state index contributed by atoms with van der Waals surface area (Å²) in [5, 5.41) is 0. The molecule has 178 valence electrons. The van der Waals surface area contributed by atoms with Gasteiger partial charge in [0.2, 0.25) is 0 Å². The molecular weight excluding hydrogens is 396 g/mol. The van der Waals surface area contributed by atoms with E-state index in [4.69, 9.17) is 4.98 Å². The van der Waals surface area contributed by atoms with E-state index < -0.39 is 0 Å². The van der Waals surface area contributed by atoms with Crippen LogP contribution in [0.5, 0.6) is 0 Å². The van der Waals surface area contributed by atoms with Crippen molar-refractivity contribution in [3.8, 4) is 0 Å². The fourth-order valence-electron chi connectivity index (χ4n) is 4.80. The zero-order chi connectivity index (χ0) is 22.8. The summed E-state index contributed by atoms with van der Waals surface area (Å²) in [4.78, 5) is 23.0. The smallest absolute Gasteiger partial charge is 0.253 e. The predicted octanol–water partition coefficient (Wildman–Crippen LogP) is 5.91. The highest BCUT2D eigenvalue weighted by atomic mass is 16.2. The Balaban J connectivity index is 1.79. The van der Waals surface area contributed by atoms with E-state index in [0.29, 0.717) is 0 Å². The number of nitrogens with zero attached hydrogens (tertiary/aromatic N) is 4. The van der Waals surface area contributed by atoms with E-state index in [0.717, 1.165) is 87.7 Å². The van der Waals surface area contributed by atoms with E-state index in [-0.39, 0.29) is 5.91 Å². The first-order chi connectivity index (χ1) is 15.7. The molecule has 1 aromatic heterocycles. The lowest BCUT2D eigenvalue weighted by Gasteiger charge is -2.26. The van der Waals surface area contributed by atoms with Crippen LogP contribution in [0.25, 0.3) is 11.0 Å². The third-order valence-corrected chi connectivity index (χ3v) is 6.70. The summed E-state index contributed by atoms with van der Waals surface area (Å²) >= 11 is 0. The van der Waals surface area contributed by atoms with Crippen molar-refractivity contribution in [1.82, 2.24) is 19.4 Å². The van der Waals surface area contributed by atoms with Crippen LogP contribution >= 0.6 is 0 Å². The van der Waals surface area contributed by atoms with Crippen molar-refractivity contribution < 1.29 is 4.79 Å². The van der Waals surface area contributed by atoms with Crippen LogP contribution < -0.4 is 0 Å². The van der Waals surface area contributed by atoms with Gasteiger partial charge in [-0.05, 0) is 76.4 Å². The molecule has 0 aliphatic carbocycles. The van der Waals surface area contributed by atoms with Gasteiger partial charge in [0.25, 0.3) is 5.91 Å². The molecule has 1 aliphatic rings. The number of carbonyl (C=O) groups excluding carboxylic acids is 1. The van der Waals surface area contributed by atoms with Crippen molar-refractivity contribution in [3.05, 3.63) is 29.6 Å². The molecule has 1 saturated heterocycles. The molecule has 2 heterocycles. The average Bonchev–Trinajstić information content (AvgIpc) is 3.16. The number of benzene rings is 1. The lowest BCUT2D eigenvalue weighted by Crippen LogP contribution is -2.33. The molecule has 0 N–H and O–H groups in total. The quantitative estimate of drug-likeness (QED) is 0.389. The first-order valence-electron chi connectivity index (χ1n) is 13.2. The Morgan fingerprint density at radius 3 is 2.31 bits per heavy atom. The molecule has 0 atom stereocenters. The van der Waals surface area contributed by atoms with Gasteiger partial charge in [-0.25, -0.2) is 4.98 Å². The highest BCUT2D eigenvalue weighted by molar-refractivity contribution is 5.97. The number of fused-ring (bicyclic) bond motifs is 1. The van der Waals surface area contributed by atoms with Crippen molar-refractivity contribution >= 4 is 16.9 Å². The second kappa shape index (κ2) is 13.0. The van der Waals surface area contributed by atoms with Gasteiger partial charge < -0.3 is 14.4 Å². The van der Waals surface area contributed by atoms with Crippen molar-refractivity contribution in [2.24, 2.45) is 0 Å². The zero-order valence-corrected chi connectivity index (χ0v) is 20.7. The highest BCUT2D eigenvalue weighted by Gasteiger charge is 2.18. The van der Waals surface area contributed by atoms with Gasteiger partial charge in [0.1, 0.15) is 5.82 Å². The monoisotopic (exact) mass is 440 g/mol. The number of imidazole rings is 1. The van der Waals surface area contributed by atoms with Crippen LogP contribution in [0.15, 0.2) is 18.2 Å². The highest BCUT2D eigenvalue weighted by Crippen LogP contribution is 2.21. The van der Waals surface area contributed by atoms with Crippen LogP contribution in [0.3, 0.4) is 0 Å². The summed E-state index contributed by atoms with van der Waals surface area (Å²) in [5.41, 5.74) is 2.96. The predicted molar refractivity (Wildman–Crippen MR) is 134 cm³/mol. The lowest BCUT2D eigenvalue weighted by atomic mass is 10.1. The van der Waals surface area contributed by atoms with Crippen LogP contribution in [0.1, 0.15) is 94.7 Å². The number of hydrogen-bond donors (Lipinski definition) is 0. The van der Waals surface area contributed by atoms with Crippen molar-refractivity contribution in [3.63, 3.8) is 0 Å². The van der Waals surface area contributed by atoms with Gasteiger partial charge in [0.05, 0.1) is 11.0 Å². The summed E-state index contributed by atoms with van der Waals surface area (Å²) < 4.78 is 2.39. The Morgan fingerprint density at radius 2 is 1.66 bits per heavy atom. The minimum atomic E-state index is 0.173. The summed E-state index contributed by atoms with van der Waals surface area (Å²) in [7, 11) is 0. The van der Waals surface area contributed by atoms with Crippen LogP contribution in [0.2, 0.25) is 0 Å². The van der Waals surface area contributed by atoms with E-state index in [9.17, 15) is 4.79 Å². The van der Waals surface area contributed by atoms with Gasteiger partial charge in [0, 0.05) is 31.6 Å². The second-order valence-corrected chi connectivity index (χ2v) is 9.39. The number of aromatic nitrogens is 2. The molecule has 0 radical (unpaired) electrons. The van der Waals surface area contributed by atoms with Gasteiger partial charge >= 0.3 is 0 Å². The fourth-order valence-corrected chi connectivity index (χ4v) is 4.80. The van der Waals surface area contributed by atoms with E-state index in [2.05, 4.69) is 47.3 Å². The van der Waals surface area contributed by atoms with Crippen LogP contribution in [-0.2, 0) is 13.0 Å². The lowest BCUT2D eigenvalue weighted by molar-refractivity contribution is 0.0751. The summed E-state index contributed by atoms with van der Waals surface area (Å²) in [6.45, 7) is 12.9. The normalized spacial score (nSPS) is 14.8. The maximum atomic E-state index is 13.4. The van der Waals surface area contributed by atoms with Gasteiger partial charge in [-0.15, -0.1) is 0 Å². The fraction of sp³-hybridized carbons (Fsp3) is 0.704. The Hall–Kier alpha value is -1.88. The second-order valence-electron chi connectivity index (χ2n) is 9.39. The number of hydrogen-bond acceptors (Lipinski definition) is 3. The molecule has 5 nitrogen and oxygen atoms in total. The number of amides is 1. The third kappa shape index (κ3) is 6.57. The standard InChI is InChI=1S/C27H44N4O/c1-4-7-19-30(20-8-5-2)27(32)23-14-15-24-25(22-23)31(26(28-24)13-6-3)21-12-18-29-16-10-9-11-17-29/h14-15,22H,4-13,16-21H2,1-3H3. The molecule has 32 heavy (non-hydrogen) atoms. The zero-order valence-electron chi connectivity index (χ0n) is 20.7. The van der Waals surface area contributed by atoms with E-state index in [1.54, 1.807) is 0 Å². The topological polar surface area (TPSA) is 41.4 Å². The molecular formula is C27H44N4O. The van der Waals surface area contributed by atoms with E-state index >= 15 is 0 Å². The van der Waals surface area contributed by atoms with Crippen molar-refractivity contribution in [2.45, 2.75) is 91.5 Å². The number of piperidine rings is 1. The average molecular weight is 441 g/mol.